The van der Waals surface area contributed by atoms with Crippen LogP contribution >= 0.6 is 38.5 Å². The highest BCUT2D eigenvalue weighted by molar-refractivity contribution is 14.1. The quantitative estimate of drug-likeness (QED) is 0.585. The molecule has 0 radical (unpaired) electrons. The van der Waals surface area contributed by atoms with Gasteiger partial charge in [0.25, 0.3) is 0 Å². The highest BCUT2D eigenvalue weighted by Gasteiger charge is 2.14. The third-order valence-corrected chi connectivity index (χ3v) is 4.58. The molecule has 0 heterocycles. The molecule has 0 aromatic heterocycles. The van der Waals surface area contributed by atoms with E-state index < -0.39 is 0 Å². The van der Waals surface area contributed by atoms with Crippen LogP contribution in [0.25, 0.3) is 0 Å². The fourth-order valence-electron chi connectivity index (χ4n) is 1.23. The number of benzene rings is 1. The van der Waals surface area contributed by atoms with Crippen molar-refractivity contribution in [3.63, 3.8) is 0 Å². The van der Waals surface area contributed by atoms with Gasteiger partial charge in [-0.05, 0) is 63.1 Å². The maximum Gasteiger partial charge on any atom is 0.310 e. The molecule has 0 aliphatic heterocycles. The van der Waals surface area contributed by atoms with Gasteiger partial charge in [-0.3, -0.25) is 4.79 Å². The molecule has 0 spiro atoms. The Labute approximate surface area is 116 Å². The van der Waals surface area contributed by atoms with Gasteiger partial charge in [0.2, 0.25) is 0 Å². The van der Waals surface area contributed by atoms with Crippen molar-refractivity contribution < 1.29 is 9.53 Å². The lowest BCUT2D eigenvalue weighted by atomic mass is 10.1. The zero-order chi connectivity index (χ0) is 12.1. The van der Waals surface area contributed by atoms with E-state index in [2.05, 4.69) is 44.6 Å². The summed E-state index contributed by atoms with van der Waals surface area (Å²) in [5, 5.41) is 8.96. The summed E-state index contributed by atoms with van der Waals surface area (Å²) in [5.74, 6) is -0.310. The second-order valence-electron chi connectivity index (χ2n) is 2.98. The predicted octanol–water partition coefficient (Wildman–Crippen LogP) is 3.03. The summed E-state index contributed by atoms with van der Waals surface area (Å²) in [6, 6.07) is 5.57. The van der Waals surface area contributed by atoms with Gasteiger partial charge in [-0.25, -0.2) is 0 Å². The number of halogens is 2. The monoisotopic (exact) mass is 393 g/mol. The largest absolute Gasteiger partial charge is 0.466 e. The Kier molecular flexibility index (Phi) is 5.22. The highest BCUT2D eigenvalue weighted by Crippen LogP contribution is 2.26. The Morgan fingerprint density at radius 3 is 2.88 bits per heavy atom. The van der Waals surface area contributed by atoms with E-state index in [4.69, 9.17) is 10.00 Å². The predicted molar refractivity (Wildman–Crippen MR) is 71.9 cm³/mol. The molecule has 3 nitrogen and oxygen atoms in total. The molecule has 0 atom stereocenters. The van der Waals surface area contributed by atoms with E-state index in [1.54, 1.807) is 19.1 Å². The number of hydrogen-bond donors (Lipinski definition) is 0. The average molecular weight is 394 g/mol. The van der Waals surface area contributed by atoms with Crippen LogP contribution in [0.1, 0.15) is 18.1 Å². The molecular weight excluding hydrogens is 385 g/mol. The van der Waals surface area contributed by atoms with Gasteiger partial charge in [-0.15, -0.1) is 0 Å². The topological polar surface area (TPSA) is 50.1 Å². The number of nitriles is 1. The summed E-state index contributed by atoms with van der Waals surface area (Å²) < 4.78 is 6.63. The minimum atomic E-state index is -0.310. The van der Waals surface area contributed by atoms with Crippen LogP contribution in [0.2, 0.25) is 0 Å². The minimum Gasteiger partial charge on any atom is -0.466 e. The van der Waals surface area contributed by atoms with Gasteiger partial charge in [-0.1, -0.05) is 0 Å². The second-order valence-corrected chi connectivity index (χ2v) is 4.91. The molecule has 0 fully saturated rings. The Morgan fingerprint density at radius 2 is 2.31 bits per heavy atom. The van der Waals surface area contributed by atoms with Crippen LogP contribution in [0.5, 0.6) is 0 Å². The van der Waals surface area contributed by atoms with Crippen molar-refractivity contribution in [2.75, 3.05) is 6.61 Å². The molecule has 5 heteroatoms. The van der Waals surface area contributed by atoms with Gasteiger partial charge >= 0.3 is 5.97 Å². The Morgan fingerprint density at radius 1 is 1.62 bits per heavy atom. The van der Waals surface area contributed by atoms with E-state index in [9.17, 15) is 4.79 Å². The normalized spacial score (nSPS) is 9.62. The van der Waals surface area contributed by atoms with Crippen molar-refractivity contribution in [1.29, 1.82) is 5.26 Å². The summed E-state index contributed by atoms with van der Waals surface area (Å²) in [5.41, 5.74) is 1.23. The van der Waals surface area contributed by atoms with Crippen molar-refractivity contribution in [3.05, 3.63) is 31.3 Å². The van der Waals surface area contributed by atoms with Gasteiger partial charge in [-0.2, -0.15) is 5.26 Å². The maximum absolute atomic E-state index is 11.4. The number of carbonyl (C=O) groups is 1. The van der Waals surface area contributed by atoms with Crippen LogP contribution in [0.4, 0.5) is 0 Å². The fourth-order valence-corrected chi connectivity index (χ4v) is 2.26. The Hall–Kier alpha value is -0.610. The van der Waals surface area contributed by atoms with Gasteiger partial charge in [0.05, 0.1) is 24.7 Å². The van der Waals surface area contributed by atoms with Gasteiger partial charge < -0.3 is 4.74 Å². The summed E-state index contributed by atoms with van der Waals surface area (Å²) >= 11 is 5.48. The smallest absolute Gasteiger partial charge is 0.310 e. The zero-order valence-electron chi connectivity index (χ0n) is 8.59. The van der Waals surface area contributed by atoms with Crippen LogP contribution in [-0.4, -0.2) is 12.6 Å². The molecule has 0 N–H and O–H groups in total. The summed E-state index contributed by atoms with van der Waals surface area (Å²) in [7, 11) is 0. The van der Waals surface area contributed by atoms with Crippen LogP contribution in [-0.2, 0) is 16.0 Å². The molecule has 0 bridgehead atoms. The molecule has 0 saturated carbocycles. The molecule has 0 aliphatic rings. The maximum atomic E-state index is 11.4. The standard InChI is InChI=1S/C11H9BrINO2/c1-2-16-10(15)5-8-7(6-14)3-4-9(12)11(8)13/h3-4H,2,5H2,1H3. The van der Waals surface area contributed by atoms with E-state index in [0.717, 1.165) is 13.6 Å². The lowest BCUT2D eigenvalue weighted by molar-refractivity contribution is -0.142. The van der Waals surface area contributed by atoms with Crippen molar-refractivity contribution in [2.24, 2.45) is 0 Å². The summed E-state index contributed by atoms with van der Waals surface area (Å²) in [4.78, 5) is 11.4. The molecule has 0 amide bonds. The molecule has 16 heavy (non-hydrogen) atoms. The van der Waals surface area contributed by atoms with E-state index in [0.29, 0.717) is 12.2 Å². The third-order valence-electron chi connectivity index (χ3n) is 1.94. The number of carbonyl (C=O) groups excluding carboxylic acids is 1. The average Bonchev–Trinajstić information content (AvgIpc) is 2.25. The number of ether oxygens (including phenoxy) is 1. The first-order valence-corrected chi connectivity index (χ1v) is 6.50. The van der Waals surface area contributed by atoms with Crippen molar-refractivity contribution >= 4 is 44.5 Å². The number of esters is 1. The molecule has 0 saturated heterocycles. The van der Waals surface area contributed by atoms with E-state index in [1.807, 2.05) is 0 Å². The van der Waals surface area contributed by atoms with Gasteiger partial charge in [0.1, 0.15) is 0 Å². The minimum absolute atomic E-state index is 0.133. The lowest BCUT2D eigenvalue weighted by Crippen LogP contribution is -2.10. The van der Waals surface area contributed by atoms with Crippen LogP contribution in [0.15, 0.2) is 16.6 Å². The molecule has 84 valence electrons. The van der Waals surface area contributed by atoms with Crippen LogP contribution < -0.4 is 0 Å². The van der Waals surface area contributed by atoms with E-state index >= 15 is 0 Å². The third kappa shape index (κ3) is 3.19. The van der Waals surface area contributed by atoms with Crippen molar-refractivity contribution in [1.82, 2.24) is 0 Å². The summed E-state index contributed by atoms with van der Waals surface area (Å²) in [6.07, 6.45) is 0.133. The van der Waals surface area contributed by atoms with E-state index in [1.165, 1.54) is 0 Å². The number of hydrogen-bond acceptors (Lipinski definition) is 3. The SMILES string of the molecule is CCOC(=O)Cc1c(C#N)ccc(Br)c1I. The first kappa shape index (κ1) is 13.5. The Balaban J connectivity index is 3.07. The van der Waals surface area contributed by atoms with Crippen molar-refractivity contribution in [3.8, 4) is 6.07 Å². The van der Waals surface area contributed by atoms with Crippen LogP contribution in [0.3, 0.4) is 0 Å². The zero-order valence-corrected chi connectivity index (χ0v) is 12.3. The van der Waals surface area contributed by atoms with Crippen LogP contribution in [0, 0.1) is 14.9 Å². The van der Waals surface area contributed by atoms with E-state index in [-0.39, 0.29) is 12.4 Å². The van der Waals surface area contributed by atoms with Gasteiger partial charge in [0, 0.05) is 8.04 Å². The number of rotatable bonds is 3. The molecule has 1 aromatic carbocycles. The lowest BCUT2D eigenvalue weighted by Gasteiger charge is -2.08. The first-order chi connectivity index (χ1) is 7.60. The fraction of sp³-hybridized carbons (Fsp3) is 0.273. The molecule has 0 unspecified atom stereocenters. The molecule has 0 aliphatic carbocycles. The molecule has 1 aromatic rings. The van der Waals surface area contributed by atoms with Crippen molar-refractivity contribution in [2.45, 2.75) is 13.3 Å². The first-order valence-electron chi connectivity index (χ1n) is 4.62. The molecule has 1 rings (SSSR count). The second kappa shape index (κ2) is 6.21. The molecular formula is C11H9BrINO2. The summed E-state index contributed by atoms with van der Waals surface area (Å²) in [6.45, 7) is 2.11. The number of nitrogens with zero attached hydrogens (tertiary/aromatic N) is 1. The highest BCUT2D eigenvalue weighted by atomic mass is 127. The Bertz CT molecular complexity index is 454. The van der Waals surface area contributed by atoms with Gasteiger partial charge in [0.15, 0.2) is 0 Å².